The van der Waals surface area contributed by atoms with Gasteiger partial charge in [0.25, 0.3) is 0 Å². The maximum Gasteiger partial charge on any atom is 0.227 e. The number of aliphatic hydroxyl groups excluding tert-OH is 1. The molecular formula is C17H22N4O. The van der Waals surface area contributed by atoms with Gasteiger partial charge < -0.3 is 14.9 Å². The van der Waals surface area contributed by atoms with Gasteiger partial charge in [0.05, 0.1) is 6.10 Å². The fourth-order valence-corrected chi connectivity index (χ4v) is 2.85. The van der Waals surface area contributed by atoms with Gasteiger partial charge in [0.1, 0.15) is 5.82 Å². The van der Waals surface area contributed by atoms with E-state index in [9.17, 15) is 5.11 Å². The van der Waals surface area contributed by atoms with Gasteiger partial charge in [-0.05, 0) is 25.0 Å². The van der Waals surface area contributed by atoms with Gasteiger partial charge in [-0.2, -0.15) is 4.98 Å². The van der Waals surface area contributed by atoms with E-state index in [1.807, 2.05) is 51.0 Å². The largest absolute Gasteiger partial charge is 0.387 e. The highest BCUT2D eigenvalue weighted by molar-refractivity contribution is 5.54. The number of aromatic nitrogens is 2. The minimum Gasteiger partial charge on any atom is -0.387 e. The average molecular weight is 298 g/mol. The number of aryl methyl sites for hydroxylation is 1. The van der Waals surface area contributed by atoms with Gasteiger partial charge in [0.15, 0.2) is 0 Å². The molecule has 1 unspecified atom stereocenters. The highest BCUT2D eigenvalue weighted by Gasteiger charge is 2.26. The number of hydrogen-bond donors (Lipinski definition) is 1. The van der Waals surface area contributed by atoms with Crippen molar-refractivity contribution >= 4 is 11.8 Å². The van der Waals surface area contributed by atoms with Gasteiger partial charge in [0, 0.05) is 38.4 Å². The maximum absolute atomic E-state index is 10.4. The van der Waals surface area contributed by atoms with Crippen LogP contribution < -0.4 is 9.80 Å². The van der Waals surface area contributed by atoms with Crippen molar-refractivity contribution in [2.24, 2.45) is 0 Å². The van der Waals surface area contributed by atoms with Gasteiger partial charge in [-0.15, -0.1) is 0 Å². The molecule has 5 nitrogen and oxygen atoms in total. The van der Waals surface area contributed by atoms with Crippen molar-refractivity contribution in [2.45, 2.75) is 26.5 Å². The average Bonchev–Trinajstić information content (AvgIpc) is 2.49. The van der Waals surface area contributed by atoms with Crippen molar-refractivity contribution in [3.63, 3.8) is 0 Å². The van der Waals surface area contributed by atoms with Crippen LogP contribution in [0.5, 0.6) is 0 Å². The van der Waals surface area contributed by atoms with Crippen LogP contribution in [0, 0.1) is 13.8 Å². The highest BCUT2D eigenvalue weighted by Crippen LogP contribution is 2.31. The molecule has 1 N–H and O–H groups in total. The molecule has 0 saturated heterocycles. The molecular weight excluding hydrogens is 276 g/mol. The monoisotopic (exact) mass is 298 g/mol. The topological polar surface area (TPSA) is 52.5 Å². The molecule has 116 valence electrons. The molecule has 1 aromatic heterocycles. The Morgan fingerprint density at radius 2 is 1.91 bits per heavy atom. The smallest absolute Gasteiger partial charge is 0.227 e. The van der Waals surface area contributed by atoms with Crippen molar-refractivity contribution in [1.82, 2.24) is 9.97 Å². The summed E-state index contributed by atoms with van der Waals surface area (Å²) in [5.74, 6) is 1.61. The molecule has 2 aromatic rings. The first-order chi connectivity index (χ1) is 10.5. The van der Waals surface area contributed by atoms with Crippen molar-refractivity contribution in [3.05, 3.63) is 46.6 Å². The van der Waals surface area contributed by atoms with Gasteiger partial charge in [0.2, 0.25) is 5.95 Å². The lowest BCUT2D eigenvalue weighted by Crippen LogP contribution is -2.35. The fourth-order valence-electron chi connectivity index (χ4n) is 2.85. The Hall–Kier alpha value is -2.14. The van der Waals surface area contributed by atoms with Crippen LogP contribution in [0.2, 0.25) is 0 Å². The van der Waals surface area contributed by atoms with E-state index in [2.05, 4.69) is 16.0 Å². The van der Waals surface area contributed by atoms with Crippen LogP contribution in [0.3, 0.4) is 0 Å². The Labute approximate surface area is 131 Å². The van der Waals surface area contributed by atoms with Crippen molar-refractivity contribution < 1.29 is 5.11 Å². The molecule has 5 heteroatoms. The Kier molecular flexibility index (Phi) is 3.74. The summed E-state index contributed by atoms with van der Waals surface area (Å²) in [5, 5.41) is 10.4. The van der Waals surface area contributed by atoms with E-state index in [1.165, 1.54) is 0 Å². The molecule has 1 atom stereocenters. The van der Waals surface area contributed by atoms with Crippen LogP contribution in [0.1, 0.15) is 28.5 Å². The van der Waals surface area contributed by atoms with Gasteiger partial charge in [-0.1, -0.05) is 24.3 Å². The molecule has 0 amide bonds. The van der Waals surface area contributed by atoms with Crippen molar-refractivity contribution in [1.29, 1.82) is 0 Å². The molecule has 0 spiro atoms. The normalized spacial score (nSPS) is 17.3. The minimum absolute atomic E-state index is 0.484. The number of rotatable bonds is 2. The van der Waals surface area contributed by atoms with Crippen LogP contribution >= 0.6 is 0 Å². The van der Waals surface area contributed by atoms with Gasteiger partial charge in [-0.25, -0.2) is 4.98 Å². The molecule has 0 fully saturated rings. The molecule has 22 heavy (non-hydrogen) atoms. The standard InChI is InChI=1S/C17H22N4O/c1-11-12(2)18-17(20(3)4)19-16(11)21-9-13-7-5-6-8-14(13)15(22)10-21/h5-8,15,22H,9-10H2,1-4H3. The summed E-state index contributed by atoms with van der Waals surface area (Å²) >= 11 is 0. The third kappa shape index (κ3) is 2.52. The molecule has 2 heterocycles. The molecule has 1 aliphatic heterocycles. The summed E-state index contributed by atoms with van der Waals surface area (Å²) in [7, 11) is 3.88. The Morgan fingerprint density at radius 3 is 2.64 bits per heavy atom. The van der Waals surface area contributed by atoms with E-state index in [0.717, 1.165) is 34.7 Å². The van der Waals surface area contributed by atoms with Crippen LogP contribution in [0.15, 0.2) is 24.3 Å². The third-order valence-electron chi connectivity index (χ3n) is 4.22. The fraction of sp³-hybridized carbons (Fsp3) is 0.412. The van der Waals surface area contributed by atoms with E-state index in [1.54, 1.807) is 0 Å². The second kappa shape index (κ2) is 5.57. The summed E-state index contributed by atoms with van der Waals surface area (Å²) in [5.41, 5.74) is 4.22. The van der Waals surface area contributed by atoms with Crippen LogP contribution in [-0.2, 0) is 6.54 Å². The van der Waals surface area contributed by atoms with Crippen molar-refractivity contribution in [3.8, 4) is 0 Å². The predicted octanol–water partition coefficient (Wildman–Crippen LogP) is 2.21. The molecule has 0 saturated carbocycles. The predicted molar refractivity (Wildman–Crippen MR) is 88.3 cm³/mol. The Balaban J connectivity index is 2.02. The first-order valence-electron chi connectivity index (χ1n) is 7.50. The summed E-state index contributed by atoms with van der Waals surface area (Å²) < 4.78 is 0. The van der Waals surface area contributed by atoms with Crippen LogP contribution in [-0.4, -0.2) is 35.7 Å². The molecule has 0 radical (unpaired) electrons. The van der Waals surface area contributed by atoms with E-state index in [-0.39, 0.29) is 0 Å². The molecule has 0 aliphatic carbocycles. The summed E-state index contributed by atoms with van der Waals surface area (Å²) in [6, 6.07) is 8.06. The molecule has 1 aliphatic rings. The lowest BCUT2D eigenvalue weighted by molar-refractivity contribution is 0.175. The summed E-state index contributed by atoms with van der Waals surface area (Å²) in [6.45, 7) is 5.36. The van der Waals surface area contributed by atoms with E-state index >= 15 is 0 Å². The highest BCUT2D eigenvalue weighted by atomic mass is 16.3. The number of β-amino-alcohol motifs (C(OH)–C–C–N with tert-alkyl or cyclic N) is 1. The first-order valence-corrected chi connectivity index (χ1v) is 7.50. The number of benzene rings is 1. The lowest BCUT2D eigenvalue weighted by Gasteiger charge is -2.34. The first kappa shape index (κ1) is 14.8. The van der Waals surface area contributed by atoms with E-state index < -0.39 is 6.10 Å². The second-order valence-electron chi connectivity index (χ2n) is 6.05. The Bertz CT molecular complexity index is 699. The quantitative estimate of drug-likeness (QED) is 0.921. The van der Waals surface area contributed by atoms with Gasteiger partial charge in [-0.3, -0.25) is 0 Å². The maximum atomic E-state index is 10.4. The van der Waals surface area contributed by atoms with Crippen LogP contribution in [0.25, 0.3) is 0 Å². The number of fused-ring (bicyclic) bond motifs is 1. The van der Waals surface area contributed by atoms with Crippen LogP contribution in [0.4, 0.5) is 11.8 Å². The summed E-state index contributed by atoms with van der Waals surface area (Å²) in [6.07, 6.45) is -0.484. The zero-order valence-corrected chi connectivity index (χ0v) is 13.5. The van der Waals surface area contributed by atoms with E-state index in [4.69, 9.17) is 4.98 Å². The van der Waals surface area contributed by atoms with E-state index in [0.29, 0.717) is 12.5 Å². The van der Waals surface area contributed by atoms with Gasteiger partial charge >= 0.3 is 0 Å². The Morgan fingerprint density at radius 1 is 1.18 bits per heavy atom. The number of anilines is 2. The SMILES string of the molecule is Cc1nc(N(C)C)nc(N2Cc3ccccc3C(O)C2)c1C. The zero-order valence-electron chi connectivity index (χ0n) is 13.5. The zero-order chi connectivity index (χ0) is 15.9. The molecule has 3 rings (SSSR count). The molecule has 0 bridgehead atoms. The number of nitrogens with zero attached hydrogens (tertiary/aromatic N) is 4. The second-order valence-corrected chi connectivity index (χ2v) is 6.05. The minimum atomic E-state index is -0.484. The third-order valence-corrected chi connectivity index (χ3v) is 4.22. The molecule has 1 aromatic carbocycles. The number of hydrogen-bond acceptors (Lipinski definition) is 5. The lowest BCUT2D eigenvalue weighted by atomic mass is 9.97. The number of aliphatic hydroxyl groups is 1. The summed E-state index contributed by atoms with van der Waals surface area (Å²) in [4.78, 5) is 13.3. The van der Waals surface area contributed by atoms with Crippen molar-refractivity contribution in [2.75, 3.05) is 30.4 Å².